The van der Waals surface area contributed by atoms with E-state index in [1.807, 2.05) is 23.6 Å². The van der Waals surface area contributed by atoms with Gasteiger partial charge in [0.1, 0.15) is 6.54 Å². The standard InChI is InChI=1S/C14H19N3O3S2/c1-16(5-4-15)22(19,20)17-9-13(11-18)7-14(8-13,10-17)12-3-2-6-21-12/h2-3,6,18H,5,7-11H2,1H3. The Balaban J connectivity index is 1.91. The maximum Gasteiger partial charge on any atom is 0.282 e. The van der Waals surface area contributed by atoms with Crippen LogP contribution in [0.25, 0.3) is 0 Å². The molecule has 1 aromatic rings. The molecule has 2 saturated heterocycles. The summed E-state index contributed by atoms with van der Waals surface area (Å²) in [5.41, 5.74) is -0.529. The van der Waals surface area contributed by atoms with Gasteiger partial charge in [0.15, 0.2) is 0 Å². The number of thiophene rings is 1. The average molecular weight is 341 g/mol. The van der Waals surface area contributed by atoms with E-state index < -0.39 is 10.2 Å². The number of aliphatic hydroxyl groups is 1. The molecular formula is C14H19N3O3S2. The predicted molar refractivity (Wildman–Crippen MR) is 83.5 cm³/mol. The number of aliphatic hydroxyl groups excluding tert-OH is 1. The number of nitriles is 1. The maximum atomic E-state index is 12.6. The molecule has 4 rings (SSSR count). The van der Waals surface area contributed by atoms with Crippen molar-refractivity contribution in [1.29, 1.82) is 5.26 Å². The van der Waals surface area contributed by atoms with E-state index in [1.54, 1.807) is 11.3 Å². The van der Waals surface area contributed by atoms with E-state index >= 15 is 0 Å². The zero-order valence-electron chi connectivity index (χ0n) is 12.4. The summed E-state index contributed by atoms with van der Waals surface area (Å²) in [5, 5.41) is 20.5. The third-order valence-corrected chi connectivity index (χ3v) is 7.75. The molecule has 0 amide bonds. The van der Waals surface area contributed by atoms with Crippen LogP contribution in [0.4, 0.5) is 0 Å². The Morgan fingerprint density at radius 2 is 2.23 bits per heavy atom. The molecule has 120 valence electrons. The molecular weight excluding hydrogens is 322 g/mol. The topological polar surface area (TPSA) is 84.6 Å². The molecule has 1 aromatic heterocycles. The summed E-state index contributed by atoms with van der Waals surface area (Å²) in [6.45, 7) is 0.577. The third kappa shape index (κ3) is 2.28. The van der Waals surface area contributed by atoms with E-state index in [9.17, 15) is 13.5 Å². The van der Waals surface area contributed by atoms with Crippen molar-refractivity contribution in [3.63, 3.8) is 0 Å². The minimum Gasteiger partial charge on any atom is -0.396 e. The molecule has 3 aliphatic rings. The van der Waals surface area contributed by atoms with E-state index in [0.29, 0.717) is 13.1 Å². The van der Waals surface area contributed by atoms with Gasteiger partial charge in [-0.2, -0.15) is 22.3 Å². The average Bonchev–Trinajstić information content (AvgIpc) is 3.01. The van der Waals surface area contributed by atoms with Gasteiger partial charge in [-0.1, -0.05) is 6.07 Å². The van der Waals surface area contributed by atoms with Crippen molar-refractivity contribution in [2.45, 2.75) is 18.3 Å². The van der Waals surface area contributed by atoms with Crippen LogP contribution < -0.4 is 0 Å². The first-order valence-corrected chi connectivity index (χ1v) is 9.38. The van der Waals surface area contributed by atoms with E-state index in [4.69, 9.17) is 5.26 Å². The van der Waals surface area contributed by atoms with Crippen LogP contribution in [-0.2, 0) is 15.6 Å². The molecule has 8 heteroatoms. The van der Waals surface area contributed by atoms with Crippen LogP contribution in [0.3, 0.4) is 0 Å². The van der Waals surface area contributed by atoms with Crippen LogP contribution in [0.15, 0.2) is 17.5 Å². The van der Waals surface area contributed by atoms with Gasteiger partial charge in [-0.25, -0.2) is 0 Å². The fraction of sp³-hybridized carbons (Fsp3) is 0.643. The van der Waals surface area contributed by atoms with Crippen molar-refractivity contribution in [3.05, 3.63) is 22.4 Å². The highest BCUT2D eigenvalue weighted by atomic mass is 32.2. The first kappa shape index (κ1) is 15.9. The zero-order chi connectivity index (χ0) is 16.0. The summed E-state index contributed by atoms with van der Waals surface area (Å²) in [4.78, 5) is 1.18. The van der Waals surface area contributed by atoms with E-state index in [2.05, 4.69) is 0 Å². The Labute approximate surface area is 134 Å². The van der Waals surface area contributed by atoms with Gasteiger partial charge in [-0.3, -0.25) is 0 Å². The number of hydrogen-bond donors (Lipinski definition) is 1. The fourth-order valence-electron chi connectivity index (χ4n) is 3.91. The number of nitrogens with zero attached hydrogens (tertiary/aromatic N) is 3. The van der Waals surface area contributed by atoms with Crippen molar-refractivity contribution in [2.75, 3.05) is 33.3 Å². The lowest BCUT2D eigenvalue weighted by Gasteiger charge is -2.62. The molecule has 2 bridgehead atoms. The van der Waals surface area contributed by atoms with Crippen molar-refractivity contribution < 1.29 is 13.5 Å². The molecule has 0 spiro atoms. The van der Waals surface area contributed by atoms with Crippen LogP contribution in [-0.4, -0.2) is 55.4 Å². The van der Waals surface area contributed by atoms with Crippen LogP contribution in [0, 0.1) is 16.7 Å². The van der Waals surface area contributed by atoms with Gasteiger partial charge in [0, 0.05) is 35.8 Å². The van der Waals surface area contributed by atoms with Gasteiger partial charge >= 0.3 is 0 Å². The van der Waals surface area contributed by atoms with Crippen LogP contribution >= 0.6 is 11.3 Å². The normalized spacial score (nSPS) is 31.7. The second kappa shape index (κ2) is 5.28. The van der Waals surface area contributed by atoms with Crippen LogP contribution in [0.2, 0.25) is 0 Å². The molecule has 22 heavy (non-hydrogen) atoms. The summed E-state index contributed by atoms with van der Waals surface area (Å²) < 4.78 is 27.8. The Kier molecular flexibility index (Phi) is 3.82. The lowest BCUT2D eigenvalue weighted by molar-refractivity contribution is -0.0879. The first-order chi connectivity index (χ1) is 10.4. The van der Waals surface area contributed by atoms with Gasteiger partial charge < -0.3 is 5.11 Å². The van der Waals surface area contributed by atoms with Crippen molar-refractivity contribution >= 4 is 21.5 Å². The summed E-state index contributed by atoms with van der Waals surface area (Å²) >= 11 is 1.64. The second-order valence-corrected chi connectivity index (χ2v) is 9.44. The van der Waals surface area contributed by atoms with Gasteiger partial charge in [-0.15, -0.1) is 11.3 Å². The molecule has 0 atom stereocenters. The Morgan fingerprint density at radius 1 is 1.50 bits per heavy atom. The molecule has 1 aliphatic carbocycles. The molecule has 3 fully saturated rings. The molecule has 3 heterocycles. The molecule has 6 nitrogen and oxygen atoms in total. The highest BCUT2D eigenvalue weighted by Crippen LogP contribution is 2.60. The molecule has 1 N–H and O–H groups in total. The quantitative estimate of drug-likeness (QED) is 0.802. The highest BCUT2D eigenvalue weighted by molar-refractivity contribution is 7.86. The van der Waals surface area contributed by atoms with Gasteiger partial charge in [0.25, 0.3) is 10.2 Å². The molecule has 2 aliphatic heterocycles. The van der Waals surface area contributed by atoms with Crippen molar-refractivity contribution in [3.8, 4) is 6.07 Å². The third-order valence-electron chi connectivity index (χ3n) is 4.81. The lowest BCUT2D eigenvalue weighted by atomic mass is 9.50. The summed E-state index contributed by atoms with van der Waals surface area (Å²) in [6.07, 6.45) is 1.65. The zero-order valence-corrected chi connectivity index (χ0v) is 14.0. The van der Waals surface area contributed by atoms with E-state index in [1.165, 1.54) is 16.2 Å². The van der Waals surface area contributed by atoms with Gasteiger partial charge in [0.2, 0.25) is 0 Å². The van der Waals surface area contributed by atoms with Crippen LogP contribution in [0.1, 0.15) is 17.7 Å². The minimum atomic E-state index is -3.67. The highest BCUT2D eigenvalue weighted by Gasteiger charge is 2.62. The van der Waals surface area contributed by atoms with Gasteiger partial charge in [0.05, 0.1) is 12.7 Å². The van der Waals surface area contributed by atoms with E-state index in [0.717, 1.165) is 17.1 Å². The summed E-state index contributed by atoms with van der Waals surface area (Å²) in [5.74, 6) is 0. The second-order valence-electron chi connectivity index (χ2n) is 6.46. The minimum absolute atomic E-state index is 0.00584. The fourth-order valence-corrected chi connectivity index (χ4v) is 6.29. The Hall–Kier alpha value is -0.980. The smallest absolute Gasteiger partial charge is 0.282 e. The number of fused-ring (bicyclic) bond motifs is 2. The molecule has 0 aromatic carbocycles. The summed E-state index contributed by atoms with van der Waals surface area (Å²) in [6, 6.07) is 5.89. The van der Waals surface area contributed by atoms with Crippen molar-refractivity contribution in [2.24, 2.45) is 5.41 Å². The van der Waals surface area contributed by atoms with E-state index in [-0.39, 0.29) is 24.0 Å². The number of piperidine rings is 2. The van der Waals surface area contributed by atoms with Crippen LogP contribution in [0.5, 0.6) is 0 Å². The molecule has 0 unspecified atom stereocenters. The number of rotatable bonds is 5. The van der Waals surface area contributed by atoms with Gasteiger partial charge in [-0.05, 0) is 24.3 Å². The Morgan fingerprint density at radius 3 is 2.77 bits per heavy atom. The largest absolute Gasteiger partial charge is 0.396 e. The molecule has 1 saturated carbocycles. The lowest BCUT2D eigenvalue weighted by Crippen LogP contribution is -2.68. The SMILES string of the molecule is CN(CC#N)S(=O)(=O)N1CC2(CO)CC(c3cccs3)(C1)C2. The Bertz CT molecular complexity index is 687. The number of hydrogen-bond acceptors (Lipinski definition) is 5. The first-order valence-electron chi connectivity index (χ1n) is 7.11. The monoisotopic (exact) mass is 341 g/mol. The predicted octanol–water partition coefficient (Wildman–Crippen LogP) is 0.774. The molecule has 0 radical (unpaired) electrons. The van der Waals surface area contributed by atoms with Crippen molar-refractivity contribution in [1.82, 2.24) is 8.61 Å². The summed E-state index contributed by atoms with van der Waals surface area (Å²) in [7, 11) is -2.25. The maximum absolute atomic E-state index is 12.6.